The Hall–Kier alpha value is -2.10. The summed E-state index contributed by atoms with van der Waals surface area (Å²) in [6, 6.07) is 4.89. The maximum atomic E-state index is 11.6. The monoisotopic (exact) mass is 217 g/mol. The number of allylic oxidation sites excluding steroid dienone is 2. The summed E-state index contributed by atoms with van der Waals surface area (Å²) in [5, 5.41) is 0. The average molecular weight is 217 g/mol. The highest BCUT2D eigenvalue weighted by Gasteiger charge is 2.06. The maximum Gasteiger partial charge on any atom is 0.417 e. The summed E-state index contributed by atoms with van der Waals surface area (Å²) >= 11 is 0. The summed E-state index contributed by atoms with van der Waals surface area (Å²) in [5.74, 6) is -0.601. The molecule has 0 bridgehead atoms. The van der Waals surface area contributed by atoms with Gasteiger partial charge in [-0.1, -0.05) is 13.0 Å². The molecule has 4 nitrogen and oxygen atoms in total. The number of ketones is 1. The molecule has 1 N–H and O–H groups in total. The molecule has 0 aliphatic rings. The predicted octanol–water partition coefficient (Wildman–Crippen LogP) is 2.27. The number of nitrogens with one attached hydrogen (secondary N) is 1. The Morgan fingerprint density at radius 2 is 2.31 bits per heavy atom. The summed E-state index contributed by atoms with van der Waals surface area (Å²) < 4.78 is 4.88. The van der Waals surface area contributed by atoms with E-state index in [2.05, 4.69) is 4.98 Å². The summed E-state index contributed by atoms with van der Waals surface area (Å²) in [6.45, 7) is 1.96. The van der Waals surface area contributed by atoms with Crippen molar-refractivity contribution in [2.45, 2.75) is 13.3 Å². The van der Waals surface area contributed by atoms with Gasteiger partial charge in [-0.2, -0.15) is 0 Å². The van der Waals surface area contributed by atoms with Crippen LogP contribution in [0.15, 0.2) is 39.6 Å². The molecule has 0 spiro atoms. The molecule has 0 radical (unpaired) electrons. The Morgan fingerprint density at radius 3 is 3.06 bits per heavy atom. The average Bonchev–Trinajstić information content (AvgIpc) is 2.64. The summed E-state index contributed by atoms with van der Waals surface area (Å²) in [6.07, 6.45) is 4.12. The Kier molecular flexibility index (Phi) is 2.72. The number of aromatic amines is 1. The molecule has 0 amide bonds. The molecule has 1 heterocycles. The maximum absolute atomic E-state index is 11.6. The van der Waals surface area contributed by atoms with Crippen molar-refractivity contribution >= 4 is 16.9 Å². The molecule has 0 saturated heterocycles. The van der Waals surface area contributed by atoms with E-state index in [4.69, 9.17) is 4.42 Å². The van der Waals surface area contributed by atoms with Crippen LogP contribution in [0, 0.1) is 0 Å². The third kappa shape index (κ3) is 1.95. The highest BCUT2D eigenvalue weighted by molar-refractivity contribution is 6.05. The standard InChI is InChI=1S/C12H11NO3/c1-2-3-4-10(14)8-5-6-9-11(7-8)16-12(15)13-9/h3-7H,2H2,1H3,(H,13,15). The number of fused-ring (bicyclic) bond motifs is 1. The Balaban J connectivity index is 2.42. The van der Waals surface area contributed by atoms with E-state index in [-0.39, 0.29) is 5.78 Å². The van der Waals surface area contributed by atoms with E-state index in [1.54, 1.807) is 24.3 Å². The molecule has 16 heavy (non-hydrogen) atoms. The normalized spacial score (nSPS) is 11.3. The van der Waals surface area contributed by atoms with Crippen LogP contribution in [0.5, 0.6) is 0 Å². The lowest BCUT2D eigenvalue weighted by atomic mass is 10.1. The van der Waals surface area contributed by atoms with Crippen molar-refractivity contribution in [1.82, 2.24) is 4.98 Å². The van der Waals surface area contributed by atoms with Crippen molar-refractivity contribution in [2.24, 2.45) is 0 Å². The highest BCUT2D eigenvalue weighted by Crippen LogP contribution is 2.13. The van der Waals surface area contributed by atoms with E-state index in [1.165, 1.54) is 6.08 Å². The lowest BCUT2D eigenvalue weighted by Gasteiger charge is -1.94. The lowest BCUT2D eigenvalue weighted by molar-refractivity contribution is 0.104. The van der Waals surface area contributed by atoms with Gasteiger partial charge < -0.3 is 4.42 Å². The third-order valence-corrected chi connectivity index (χ3v) is 2.21. The minimum absolute atomic E-state index is 0.0902. The van der Waals surface area contributed by atoms with Gasteiger partial charge in [0.15, 0.2) is 11.4 Å². The molecule has 0 aliphatic carbocycles. The molecule has 0 aliphatic heterocycles. The number of hydrogen-bond donors (Lipinski definition) is 1. The van der Waals surface area contributed by atoms with Crippen molar-refractivity contribution in [3.63, 3.8) is 0 Å². The number of carbonyl (C=O) groups excluding carboxylic acids is 1. The Bertz CT molecular complexity index is 604. The van der Waals surface area contributed by atoms with Gasteiger partial charge in [0.25, 0.3) is 0 Å². The van der Waals surface area contributed by atoms with Gasteiger partial charge in [0.1, 0.15) is 0 Å². The van der Waals surface area contributed by atoms with Crippen LogP contribution in [0.2, 0.25) is 0 Å². The lowest BCUT2D eigenvalue weighted by Crippen LogP contribution is -1.93. The van der Waals surface area contributed by atoms with Gasteiger partial charge in [-0.15, -0.1) is 0 Å². The number of hydrogen-bond acceptors (Lipinski definition) is 3. The Labute approximate surface area is 91.6 Å². The summed E-state index contributed by atoms with van der Waals surface area (Å²) in [4.78, 5) is 25.1. The zero-order valence-electron chi connectivity index (χ0n) is 8.82. The first-order chi connectivity index (χ1) is 7.70. The van der Waals surface area contributed by atoms with Crippen LogP contribution >= 0.6 is 0 Å². The number of carbonyl (C=O) groups is 1. The molecule has 0 saturated carbocycles. The Morgan fingerprint density at radius 1 is 1.50 bits per heavy atom. The predicted molar refractivity (Wildman–Crippen MR) is 60.6 cm³/mol. The number of H-pyrrole nitrogens is 1. The van der Waals surface area contributed by atoms with E-state index in [1.807, 2.05) is 6.92 Å². The second-order valence-corrected chi connectivity index (χ2v) is 3.40. The molecule has 0 fully saturated rings. The molecular weight excluding hydrogens is 206 g/mol. The molecular formula is C12H11NO3. The number of aromatic nitrogens is 1. The SMILES string of the molecule is CCC=CC(=O)c1ccc2[nH]c(=O)oc2c1. The zero-order chi connectivity index (χ0) is 11.5. The minimum atomic E-state index is -0.510. The molecule has 4 heteroatoms. The summed E-state index contributed by atoms with van der Waals surface area (Å²) in [5.41, 5.74) is 1.52. The van der Waals surface area contributed by atoms with Crippen LogP contribution in [0.1, 0.15) is 23.7 Å². The molecule has 82 valence electrons. The quantitative estimate of drug-likeness (QED) is 0.633. The number of rotatable bonds is 3. The van der Waals surface area contributed by atoms with E-state index >= 15 is 0 Å². The smallest absolute Gasteiger partial charge is 0.408 e. The molecule has 1 aromatic carbocycles. The van der Waals surface area contributed by atoms with Gasteiger partial charge in [-0.25, -0.2) is 4.79 Å². The fraction of sp³-hybridized carbons (Fsp3) is 0.167. The van der Waals surface area contributed by atoms with E-state index < -0.39 is 5.76 Å². The number of oxazole rings is 1. The van der Waals surface area contributed by atoms with Crippen LogP contribution in [-0.4, -0.2) is 10.8 Å². The highest BCUT2D eigenvalue weighted by atomic mass is 16.4. The molecule has 0 unspecified atom stereocenters. The zero-order valence-corrected chi connectivity index (χ0v) is 8.82. The second-order valence-electron chi connectivity index (χ2n) is 3.40. The topological polar surface area (TPSA) is 63.1 Å². The third-order valence-electron chi connectivity index (χ3n) is 2.21. The van der Waals surface area contributed by atoms with Gasteiger partial charge in [0, 0.05) is 5.56 Å². The first kappa shape index (κ1) is 10.4. The van der Waals surface area contributed by atoms with Crippen molar-refractivity contribution in [2.75, 3.05) is 0 Å². The van der Waals surface area contributed by atoms with Gasteiger partial charge in [-0.3, -0.25) is 9.78 Å². The van der Waals surface area contributed by atoms with Crippen molar-refractivity contribution in [1.29, 1.82) is 0 Å². The second kappa shape index (κ2) is 4.18. The van der Waals surface area contributed by atoms with Crippen molar-refractivity contribution in [3.8, 4) is 0 Å². The first-order valence-corrected chi connectivity index (χ1v) is 5.04. The van der Waals surface area contributed by atoms with Crippen LogP contribution in [-0.2, 0) is 0 Å². The fourth-order valence-corrected chi connectivity index (χ4v) is 1.42. The first-order valence-electron chi connectivity index (χ1n) is 5.04. The van der Waals surface area contributed by atoms with E-state index in [9.17, 15) is 9.59 Å². The minimum Gasteiger partial charge on any atom is -0.408 e. The van der Waals surface area contributed by atoms with Crippen LogP contribution < -0.4 is 5.76 Å². The van der Waals surface area contributed by atoms with E-state index in [0.717, 1.165) is 6.42 Å². The molecule has 0 atom stereocenters. The van der Waals surface area contributed by atoms with Crippen molar-refractivity contribution < 1.29 is 9.21 Å². The fourth-order valence-electron chi connectivity index (χ4n) is 1.42. The van der Waals surface area contributed by atoms with E-state index in [0.29, 0.717) is 16.7 Å². The van der Waals surface area contributed by atoms with Crippen LogP contribution in [0.25, 0.3) is 11.1 Å². The van der Waals surface area contributed by atoms with Gasteiger partial charge in [-0.05, 0) is 30.7 Å². The van der Waals surface area contributed by atoms with Gasteiger partial charge in [0.05, 0.1) is 5.52 Å². The molecule has 1 aromatic heterocycles. The molecule has 2 rings (SSSR count). The summed E-state index contributed by atoms with van der Waals surface area (Å²) in [7, 11) is 0. The van der Waals surface area contributed by atoms with Crippen LogP contribution in [0.3, 0.4) is 0 Å². The largest absolute Gasteiger partial charge is 0.417 e. The van der Waals surface area contributed by atoms with Crippen LogP contribution in [0.4, 0.5) is 0 Å². The molecule has 2 aromatic rings. The van der Waals surface area contributed by atoms with Gasteiger partial charge >= 0.3 is 5.76 Å². The van der Waals surface area contributed by atoms with Gasteiger partial charge in [0.2, 0.25) is 0 Å². The van der Waals surface area contributed by atoms with Crippen molar-refractivity contribution in [3.05, 3.63) is 46.5 Å². The number of benzene rings is 1.